The van der Waals surface area contributed by atoms with E-state index in [1.54, 1.807) is 24.3 Å². The van der Waals surface area contributed by atoms with Crippen LogP contribution in [0.25, 0.3) is 5.76 Å². The predicted molar refractivity (Wildman–Crippen MR) is 79.7 cm³/mol. The first-order valence-corrected chi connectivity index (χ1v) is 7.47. The maximum Gasteiger partial charge on any atom is 0.203 e. The van der Waals surface area contributed by atoms with Crippen molar-refractivity contribution >= 4 is 34.2 Å². The monoisotopic (exact) mass is 286 g/mol. The van der Waals surface area contributed by atoms with Crippen molar-refractivity contribution in [2.45, 2.75) is 0 Å². The molecule has 0 unspecified atom stereocenters. The van der Waals surface area contributed by atoms with Crippen LogP contribution in [0.1, 0.15) is 14.5 Å². The van der Waals surface area contributed by atoms with E-state index in [0.717, 1.165) is 4.88 Å². The van der Waals surface area contributed by atoms with Crippen LogP contribution in [-0.2, 0) is 0 Å². The number of ketones is 1. The molecule has 2 nitrogen and oxygen atoms in total. The minimum absolute atomic E-state index is 0.0434. The van der Waals surface area contributed by atoms with Crippen LogP contribution < -0.4 is 0 Å². The van der Waals surface area contributed by atoms with Gasteiger partial charge in [0.25, 0.3) is 0 Å². The third kappa shape index (κ3) is 2.20. The van der Waals surface area contributed by atoms with Crippen molar-refractivity contribution in [3.63, 3.8) is 0 Å². The molecular formula is C15H10O2S2. The number of carbonyl (C=O) groups is 1. The Morgan fingerprint density at radius 1 is 1.05 bits per heavy atom. The summed E-state index contributed by atoms with van der Waals surface area (Å²) < 4.78 is 0. The highest BCUT2D eigenvalue weighted by atomic mass is 32.1. The van der Waals surface area contributed by atoms with Crippen LogP contribution in [0.4, 0.5) is 0 Å². The van der Waals surface area contributed by atoms with E-state index in [1.807, 2.05) is 29.0 Å². The van der Waals surface area contributed by atoms with Gasteiger partial charge in [-0.3, -0.25) is 4.79 Å². The first-order valence-electron chi connectivity index (χ1n) is 5.71. The second-order valence-electron chi connectivity index (χ2n) is 3.99. The van der Waals surface area contributed by atoms with Gasteiger partial charge in [0.1, 0.15) is 5.76 Å². The zero-order valence-electron chi connectivity index (χ0n) is 9.87. The van der Waals surface area contributed by atoms with Crippen molar-refractivity contribution in [1.29, 1.82) is 0 Å². The molecular weight excluding hydrogens is 276 g/mol. The lowest BCUT2D eigenvalue weighted by atomic mass is 10.0. The molecule has 0 spiro atoms. The van der Waals surface area contributed by atoms with Crippen molar-refractivity contribution < 1.29 is 9.90 Å². The number of carbonyl (C=O) groups excluding carboxylic acids is 1. The van der Waals surface area contributed by atoms with Crippen LogP contribution in [0.5, 0.6) is 0 Å². The molecule has 0 saturated heterocycles. The molecule has 1 aliphatic rings. The van der Waals surface area contributed by atoms with Gasteiger partial charge in [0.05, 0.1) is 9.75 Å². The molecule has 1 aliphatic carbocycles. The van der Waals surface area contributed by atoms with E-state index in [9.17, 15) is 9.90 Å². The van der Waals surface area contributed by atoms with Crippen molar-refractivity contribution in [2.24, 2.45) is 0 Å². The smallest absolute Gasteiger partial charge is 0.203 e. The van der Waals surface area contributed by atoms with Gasteiger partial charge >= 0.3 is 0 Å². The van der Waals surface area contributed by atoms with Crippen molar-refractivity contribution in [2.75, 3.05) is 0 Å². The molecule has 0 aliphatic heterocycles. The van der Waals surface area contributed by atoms with Crippen molar-refractivity contribution in [1.82, 2.24) is 0 Å². The quantitative estimate of drug-likeness (QED) is 0.668. The fourth-order valence-corrected chi connectivity index (χ4v) is 3.27. The number of hydrogen-bond donors (Lipinski definition) is 1. The van der Waals surface area contributed by atoms with Crippen molar-refractivity contribution in [3.05, 3.63) is 74.2 Å². The summed E-state index contributed by atoms with van der Waals surface area (Å²) in [6, 6.07) is 7.36. The van der Waals surface area contributed by atoms with E-state index in [-0.39, 0.29) is 11.5 Å². The normalized spacial score (nSPS) is 16.5. The number of allylic oxidation sites excluding steroid dienone is 5. The number of Topliss-reactive ketones (excluding diaryl/α,β-unsaturated/α-hetero) is 1. The molecule has 3 rings (SSSR count). The highest BCUT2D eigenvalue weighted by Gasteiger charge is 2.22. The number of aliphatic hydroxyl groups excluding tert-OH is 1. The summed E-state index contributed by atoms with van der Waals surface area (Å²) in [7, 11) is 0. The van der Waals surface area contributed by atoms with Gasteiger partial charge < -0.3 is 5.11 Å². The van der Waals surface area contributed by atoms with Gasteiger partial charge in [-0.2, -0.15) is 0 Å². The third-order valence-electron chi connectivity index (χ3n) is 2.82. The van der Waals surface area contributed by atoms with E-state index in [2.05, 4.69) is 0 Å². The van der Waals surface area contributed by atoms with Crippen molar-refractivity contribution in [3.8, 4) is 0 Å². The maximum absolute atomic E-state index is 12.4. The fourth-order valence-electron chi connectivity index (χ4n) is 1.91. The van der Waals surface area contributed by atoms with Crippen LogP contribution in [0.3, 0.4) is 0 Å². The average Bonchev–Trinajstić information content (AvgIpc) is 3.16. The summed E-state index contributed by atoms with van der Waals surface area (Å²) in [4.78, 5) is 13.8. The molecule has 2 aromatic heterocycles. The highest BCUT2D eigenvalue weighted by Crippen LogP contribution is 2.31. The summed E-state index contributed by atoms with van der Waals surface area (Å²) in [6.45, 7) is 0. The van der Waals surface area contributed by atoms with E-state index < -0.39 is 0 Å². The van der Waals surface area contributed by atoms with Gasteiger partial charge in [0.15, 0.2) is 0 Å². The molecule has 0 fully saturated rings. The van der Waals surface area contributed by atoms with Gasteiger partial charge in [-0.05, 0) is 22.9 Å². The molecule has 2 aromatic rings. The Kier molecular flexibility index (Phi) is 3.19. The Morgan fingerprint density at radius 2 is 1.74 bits per heavy atom. The molecule has 0 saturated carbocycles. The number of thiophene rings is 2. The Bertz CT molecular complexity index is 687. The van der Waals surface area contributed by atoms with E-state index >= 15 is 0 Å². The first kappa shape index (κ1) is 12.1. The zero-order chi connectivity index (χ0) is 13.2. The largest absolute Gasteiger partial charge is 0.506 e. The van der Waals surface area contributed by atoms with E-state index in [1.165, 1.54) is 22.7 Å². The maximum atomic E-state index is 12.4. The molecule has 1 N–H and O–H groups in total. The van der Waals surface area contributed by atoms with Gasteiger partial charge in [-0.1, -0.05) is 30.4 Å². The summed E-state index contributed by atoms with van der Waals surface area (Å²) >= 11 is 2.86. The zero-order valence-corrected chi connectivity index (χ0v) is 11.5. The molecule has 0 radical (unpaired) electrons. The number of aliphatic hydroxyl groups is 1. The van der Waals surface area contributed by atoms with Gasteiger partial charge in [0, 0.05) is 11.1 Å². The van der Waals surface area contributed by atoms with Crippen LogP contribution in [-0.4, -0.2) is 10.9 Å². The lowest BCUT2D eigenvalue weighted by Crippen LogP contribution is -2.03. The summed E-state index contributed by atoms with van der Waals surface area (Å²) in [5.74, 6) is 0.123. The van der Waals surface area contributed by atoms with Gasteiger partial charge in [0.2, 0.25) is 5.78 Å². The standard InChI is InChI=1S/C15H10O2S2/c16-14(12-6-2-8-18-12)10-4-1-5-11(10)15(17)13-7-3-9-19-13/h1-9,16H/b14-10-. The van der Waals surface area contributed by atoms with Crippen LogP contribution in [0, 0.1) is 0 Å². The molecule has 4 heteroatoms. The van der Waals surface area contributed by atoms with Crippen LogP contribution in [0.2, 0.25) is 0 Å². The Labute approximate surface area is 118 Å². The lowest BCUT2D eigenvalue weighted by molar-refractivity contribution is 0.104. The summed E-state index contributed by atoms with van der Waals surface area (Å²) in [6.07, 6.45) is 5.32. The molecule has 94 valence electrons. The molecule has 2 heterocycles. The number of rotatable bonds is 3. The molecule has 0 aromatic carbocycles. The van der Waals surface area contributed by atoms with E-state index in [0.29, 0.717) is 16.0 Å². The third-order valence-corrected chi connectivity index (χ3v) is 4.56. The second kappa shape index (κ2) is 4.99. The first-order chi connectivity index (χ1) is 9.27. The summed E-state index contributed by atoms with van der Waals surface area (Å²) in [5, 5.41) is 14.0. The van der Waals surface area contributed by atoms with Gasteiger partial charge in [-0.15, -0.1) is 22.7 Å². The highest BCUT2D eigenvalue weighted by molar-refractivity contribution is 7.12. The second-order valence-corrected chi connectivity index (χ2v) is 5.88. The average molecular weight is 286 g/mol. The topological polar surface area (TPSA) is 37.3 Å². The number of hydrogen-bond acceptors (Lipinski definition) is 4. The van der Waals surface area contributed by atoms with Crippen LogP contribution >= 0.6 is 22.7 Å². The van der Waals surface area contributed by atoms with E-state index in [4.69, 9.17) is 0 Å². The minimum atomic E-state index is -0.0434. The van der Waals surface area contributed by atoms with Crippen LogP contribution in [0.15, 0.2) is 64.4 Å². The lowest BCUT2D eigenvalue weighted by Gasteiger charge is -2.05. The molecule has 19 heavy (non-hydrogen) atoms. The Balaban J connectivity index is 2.00. The fraction of sp³-hybridized carbons (Fsp3) is 0. The Morgan fingerprint density at radius 3 is 2.37 bits per heavy atom. The Hall–Kier alpha value is -1.91. The molecule has 0 atom stereocenters. The molecule has 0 bridgehead atoms. The van der Waals surface area contributed by atoms with Gasteiger partial charge in [-0.25, -0.2) is 0 Å². The predicted octanol–water partition coefficient (Wildman–Crippen LogP) is 4.46. The molecule has 0 amide bonds. The summed E-state index contributed by atoms with van der Waals surface area (Å²) in [5.41, 5.74) is 1.15. The minimum Gasteiger partial charge on any atom is -0.506 e. The SMILES string of the molecule is O=C(C1=CC=C/C1=C(/O)c1cccs1)c1cccs1.